The maximum absolute atomic E-state index is 12.9. The predicted octanol–water partition coefficient (Wildman–Crippen LogP) is 3.79. The van der Waals surface area contributed by atoms with E-state index in [1.54, 1.807) is 30.3 Å². The lowest BCUT2D eigenvalue weighted by molar-refractivity contribution is 0.102. The van der Waals surface area contributed by atoms with E-state index in [0.29, 0.717) is 23.7 Å². The van der Waals surface area contributed by atoms with E-state index in [2.05, 4.69) is 20.8 Å². The van der Waals surface area contributed by atoms with Gasteiger partial charge in [-0.3, -0.25) is 4.79 Å². The molecule has 3 aromatic rings. The second-order valence-corrected chi connectivity index (χ2v) is 5.55. The van der Waals surface area contributed by atoms with Crippen LogP contribution in [-0.2, 0) is 6.54 Å². The molecule has 1 amide bonds. The van der Waals surface area contributed by atoms with E-state index in [1.165, 1.54) is 12.1 Å². The Morgan fingerprint density at radius 1 is 0.960 bits per heavy atom. The van der Waals surface area contributed by atoms with Gasteiger partial charge in [0.25, 0.3) is 5.91 Å². The predicted molar refractivity (Wildman–Crippen MR) is 94.9 cm³/mol. The Morgan fingerprint density at radius 3 is 2.32 bits per heavy atom. The molecule has 0 fully saturated rings. The molecule has 6 heteroatoms. The molecular formula is C19H17FN4O. The molecule has 0 aliphatic carbocycles. The zero-order valence-corrected chi connectivity index (χ0v) is 13.7. The number of halogens is 1. The fraction of sp³-hybridized carbons (Fsp3) is 0.105. The number of carbonyl (C=O) groups is 1. The van der Waals surface area contributed by atoms with Crippen LogP contribution in [0.3, 0.4) is 0 Å². The Hall–Kier alpha value is -3.28. The second kappa shape index (κ2) is 7.53. The van der Waals surface area contributed by atoms with Crippen LogP contribution in [0.15, 0.2) is 60.7 Å². The molecule has 0 aliphatic heterocycles. The van der Waals surface area contributed by atoms with Crippen molar-refractivity contribution in [3.05, 3.63) is 83.2 Å². The summed E-state index contributed by atoms with van der Waals surface area (Å²) in [5, 5.41) is 13.8. The van der Waals surface area contributed by atoms with Crippen LogP contribution in [0.4, 0.5) is 16.0 Å². The molecule has 25 heavy (non-hydrogen) atoms. The van der Waals surface area contributed by atoms with Gasteiger partial charge in [-0.25, -0.2) is 4.39 Å². The number of carbonyl (C=O) groups excluding carboxylic acids is 1. The van der Waals surface area contributed by atoms with Gasteiger partial charge in [-0.05, 0) is 48.4 Å². The number of hydrogen-bond acceptors (Lipinski definition) is 4. The molecule has 0 unspecified atom stereocenters. The quantitative estimate of drug-likeness (QED) is 0.744. The van der Waals surface area contributed by atoms with Crippen molar-refractivity contribution in [2.45, 2.75) is 13.5 Å². The Morgan fingerprint density at radius 2 is 1.64 bits per heavy atom. The molecule has 2 aromatic carbocycles. The van der Waals surface area contributed by atoms with Crippen molar-refractivity contribution in [2.75, 3.05) is 10.6 Å². The van der Waals surface area contributed by atoms with Crippen molar-refractivity contribution in [3.63, 3.8) is 0 Å². The number of benzene rings is 2. The van der Waals surface area contributed by atoms with Gasteiger partial charge in [-0.2, -0.15) is 0 Å². The highest BCUT2D eigenvalue weighted by Crippen LogP contribution is 2.12. The smallest absolute Gasteiger partial charge is 0.257 e. The Kier molecular flexibility index (Phi) is 4.99. The monoisotopic (exact) mass is 336 g/mol. The molecule has 0 saturated heterocycles. The zero-order valence-electron chi connectivity index (χ0n) is 13.7. The highest BCUT2D eigenvalue weighted by Gasteiger charge is 2.09. The summed E-state index contributed by atoms with van der Waals surface area (Å²) in [5.41, 5.74) is 2.42. The summed E-state index contributed by atoms with van der Waals surface area (Å²) in [6, 6.07) is 17.0. The molecule has 0 spiro atoms. The van der Waals surface area contributed by atoms with Crippen molar-refractivity contribution in [1.29, 1.82) is 0 Å². The summed E-state index contributed by atoms with van der Waals surface area (Å²) in [4.78, 5) is 12.2. The fourth-order valence-corrected chi connectivity index (χ4v) is 2.30. The lowest BCUT2D eigenvalue weighted by atomic mass is 10.1. The highest BCUT2D eigenvalue weighted by molar-refractivity contribution is 6.04. The van der Waals surface area contributed by atoms with Crippen LogP contribution >= 0.6 is 0 Å². The normalized spacial score (nSPS) is 10.3. The molecule has 0 bridgehead atoms. The molecule has 0 radical (unpaired) electrons. The largest absolute Gasteiger partial charge is 0.365 e. The summed E-state index contributed by atoms with van der Waals surface area (Å²) < 4.78 is 12.9. The molecule has 0 aliphatic rings. The Labute approximate surface area is 144 Å². The van der Waals surface area contributed by atoms with E-state index >= 15 is 0 Å². The summed E-state index contributed by atoms with van der Waals surface area (Å²) >= 11 is 0. The van der Waals surface area contributed by atoms with E-state index in [1.807, 2.05) is 25.1 Å². The van der Waals surface area contributed by atoms with E-state index in [0.717, 1.165) is 11.1 Å². The molecule has 1 aromatic heterocycles. The number of aromatic nitrogens is 2. The van der Waals surface area contributed by atoms with Gasteiger partial charge in [-0.15, -0.1) is 10.2 Å². The third-order valence-corrected chi connectivity index (χ3v) is 3.68. The molecule has 3 rings (SSSR count). The van der Waals surface area contributed by atoms with Gasteiger partial charge < -0.3 is 10.6 Å². The van der Waals surface area contributed by atoms with Crippen molar-refractivity contribution in [2.24, 2.45) is 0 Å². The minimum absolute atomic E-state index is 0.223. The topological polar surface area (TPSA) is 66.9 Å². The highest BCUT2D eigenvalue weighted by atomic mass is 19.1. The van der Waals surface area contributed by atoms with Gasteiger partial charge in [0.2, 0.25) is 0 Å². The molecule has 2 N–H and O–H groups in total. The standard InChI is InChI=1S/C19H17FN4O/c1-13-4-2-3-5-16(13)19(25)22-18-11-10-17(23-24-18)21-12-14-6-8-15(20)9-7-14/h2-11H,12H2,1H3,(H,21,23)(H,22,24,25). The zero-order chi connectivity index (χ0) is 17.6. The van der Waals surface area contributed by atoms with Crippen molar-refractivity contribution in [1.82, 2.24) is 10.2 Å². The average Bonchev–Trinajstić information content (AvgIpc) is 2.63. The van der Waals surface area contributed by atoms with E-state index < -0.39 is 0 Å². The number of nitrogens with zero attached hydrogens (tertiary/aromatic N) is 2. The third-order valence-electron chi connectivity index (χ3n) is 3.68. The molecule has 126 valence electrons. The van der Waals surface area contributed by atoms with Crippen LogP contribution < -0.4 is 10.6 Å². The van der Waals surface area contributed by atoms with Gasteiger partial charge in [0.15, 0.2) is 5.82 Å². The first-order valence-electron chi connectivity index (χ1n) is 7.81. The summed E-state index contributed by atoms with van der Waals surface area (Å²) in [7, 11) is 0. The van der Waals surface area contributed by atoms with Crippen LogP contribution in [0.25, 0.3) is 0 Å². The number of aryl methyl sites for hydroxylation is 1. The maximum atomic E-state index is 12.9. The van der Waals surface area contributed by atoms with E-state index in [-0.39, 0.29) is 11.7 Å². The van der Waals surface area contributed by atoms with E-state index in [9.17, 15) is 9.18 Å². The average molecular weight is 336 g/mol. The number of hydrogen-bond donors (Lipinski definition) is 2. The molecule has 1 heterocycles. The van der Waals surface area contributed by atoms with Crippen LogP contribution in [-0.4, -0.2) is 16.1 Å². The maximum Gasteiger partial charge on any atom is 0.257 e. The van der Waals surface area contributed by atoms with Crippen molar-refractivity contribution in [3.8, 4) is 0 Å². The summed E-state index contributed by atoms with van der Waals surface area (Å²) in [6.45, 7) is 2.38. The number of amides is 1. The minimum atomic E-state index is -0.266. The first kappa shape index (κ1) is 16.6. The van der Waals surface area contributed by atoms with Crippen molar-refractivity contribution < 1.29 is 9.18 Å². The van der Waals surface area contributed by atoms with Crippen LogP contribution in [0.2, 0.25) is 0 Å². The van der Waals surface area contributed by atoms with Crippen LogP contribution in [0.5, 0.6) is 0 Å². The lowest BCUT2D eigenvalue weighted by Gasteiger charge is -2.08. The second-order valence-electron chi connectivity index (χ2n) is 5.55. The minimum Gasteiger partial charge on any atom is -0.365 e. The fourth-order valence-electron chi connectivity index (χ4n) is 2.30. The number of anilines is 2. The SMILES string of the molecule is Cc1ccccc1C(=O)Nc1ccc(NCc2ccc(F)cc2)nn1. The Balaban J connectivity index is 1.59. The van der Waals surface area contributed by atoms with Gasteiger partial charge in [-0.1, -0.05) is 30.3 Å². The molecule has 5 nitrogen and oxygen atoms in total. The number of nitrogens with one attached hydrogen (secondary N) is 2. The first-order chi connectivity index (χ1) is 12.1. The van der Waals surface area contributed by atoms with Crippen LogP contribution in [0, 0.1) is 12.7 Å². The molecular weight excluding hydrogens is 319 g/mol. The third kappa shape index (κ3) is 4.38. The number of rotatable bonds is 5. The lowest BCUT2D eigenvalue weighted by Crippen LogP contribution is -2.14. The van der Waals surface area contributed by atoms with Gasteiger partial charge in [0.05, 0.1) is 0 Å². The van der Waals surface area contributed by atoms with Gasteiger partial charge in [0.1, 0.15) is 11.6 Å². The molecule has 0 atom stereocenters. The van der Waals surface area contributed by atoms with Gasteiger partial charge >= 0.3 is 0 Å². The van der Waals surface area contributed by atoms with E-state index in [4.69, 9.17) is 0 Å². The van der Waals surface area contributed by atoms with Crippen molar-refractivity contribution >= 4 is 17.5 Å². The van der Waals surface area contributed by atoms with Crippen LogP contribution in [0.1, 0.15) is 21.5 Å². The van der Waals surface area contributed by atoms with Gasteiger partial charge in [0, 0.05) is 12.1 Å². The summed E-state index contributed by atoms with van der Waals surface area (Å²) in [6.07, 6.45) is 0. The Bertz CT molecular complexity index is 863. The summed E-state index contributed by atoms with van der Waals surface area (Å²) in [5.74, 6) is 0.454. The molecule has 0 saturated carbocycles. The first-order valence-corrected chi connectivity index (χ1v) is 7.81.